The van der Waals surface area contributed by atoms with Crippen LogP contribution in [0.3, 0.4) is 0 Å². The number of non-ortho nitro benzene ring substituents is 1. The second-order valence-corrected chi connectivity index (χ2v) is 5.18. The van der Waals surface area contributed by atoms with Crippen LogP contribution in [0, 0.1) is 10.1 Å². The molecule has 0 fully saturated rings. The second-order valence-electron chi connectivity index (χ2n) is 5.18. The highest BCUT2D eigenvalue weighted by molar-refractivity contribution is 5.98. The third-order valence-electron chi connectivity index (χ3n) is 3.43. The summed E-state index contributed by atoms with van der Waals surface area (Å²) in [7, 11) is 4.49. The number of esters is 1. The van der Waals surface area contributed by atoms with Crippen LogP contribution in [0.25, 0.3) is 0 Å². The van der Waals surface area contributed by atoms with Crippen molar-refractivity contribution in [2.24, 2.45) is 7.05 Å². The van der Waals surface area contributed by atoms with Gasteiger partial charge in [0.2, 0.25) is 5.91 Å². The Morgan fingerprint density at radius 3 is 2.60 bits per heavy atom. The van der Waals surface area contributed by atoms with E-state index >= 15 is 0 Å². The first-order valence-electron chi connectivity index (χ1n) is 7.20. The van der Waals surface area contributed by atoms with Crippen molar-refractivity contribution in [3.05, 3.63) is 51.8 Å². The second kappa shape index (κ2) is 7.53. The Hall–Kier alpha value is -3.27. The van der Waals surface area contributed by atoms with Crippen molar-refractivity contribution in [3.63, 3.8) is 0 Å². The van der Waals surface area contributed by atoms with Gasteiger partial charge in [0.15, 0.2) is 0 Å². The number of hydrogen-bond donors (Lipinski definition) is 2. The largest absolute Gasteiger partial charge is 0.465 e. The smallest absolute Gasteiger partial charge is 0.338 e. The molecule has 1 aromatic heterocycles. The average Bonchev–Trinajstić information content (AvgIpc) is 3.00. The Balaban J connectivity index is 2.31. The summed E-state index contributed by atoms with van der Waals surface area (Å²) in [6, 6.07) is 2.85. The zero-order valence-corrected chi connectivity index (χ0v) is 13.8. The first kappa shape index (κ1) is 18.1. The number of likely N-dealkylation sites (N-methyl/N-ethyl adjacent to an activating group) is 1. The fourth-order valence-corrected chi connectivity index (χ4v) is 2.28. The van der Waals surface area contributed by atoms with E-state index in [2.05, 4.69) is 20.5 Å². The van der Waals surface area contributed by atoms with Gasteiger partial charge in [0.1, 0.15) is 6.04 Å². The molecule has 2 aromatic rings. The number of rotatable bonds is 6. The minimum atomic E-state index is -0.739. The van der Waals surface area contributed by atoms with Crippen LogP contribution in [-0.4, -0.2) is 40.7 Å². The van der Waals surface area contributed by atoms with Crippen LogP contribution in [0.5, 0.6) is 0 Å². The molecule has 132 valence electrons. The molecule has 0 aliphatic heterocycles. The van der Waals surface area contributed by atoms with Gasteiger partial charge >= 0.3 is 5.97 Å². The molecule has 0 aliphatic rings. The molecular weight excluding hydrogens is 330 g/mol. The Bertz CT molecular complexity index is 816. The summed E-state index contributed by atoms with van der Waals surface area (Å²) in [4.78, 5) is 34.5. The van der Waals surface area contributed by atoms with E-state index < -0.39 is 22.8 Å². The number of hydrogen-bond acceptors (Lipinski definition) is 7. The lowest BCUT2D eigenvalue weighted by atomic mass is 10.1. The molecule has 0 bridgehead atoms. The molecule has 0 radical (unpaired) electrons. The highest BCUT2D eigenvalue weighted by Crippen LogP contribution is 2.23. The highest BCUT2D eigenvalue weighted by atomic mass is 16.6. The quantitative estimate of drug-likeness (QED) is 0.453. The molecule has 0 saturated carbocycles. The average molecular weight is 347 g/mol. The fourth-order valence-electron chi connectivity index (χ4n) is 2.28. The summed E-state index contributed by atoms with van der Waals surface area (Å²) in [5.41, 5.74) is 0.375. The topological polar surface area (TPSA) is 128 Å². The maximum atomic E-state index is 12.5. The van der Waals surface area contributed by atoms with Crippen molar-refractivity contribution in [1.29, 1.82) is 0 Å². The van der Waals surface area contributed by atoms with Crippen LogP contribution < -0.4 is 10.6 Å². The molecule has 1 atom stereocenters. The van der Waals surface area contributed by atoms with Gasteiger partial charge in [-0.3, -0.25) is 19.6 Å². The van der Waals surface area contributed by atoms with Crippen LogP contribution in [0.1, 0.15) is 22.0 Å². The molecule has 0 saturated heterocycles. The number of carbonyl (C=O) groups is 2. The molecule has 10 nitrogen and oxygen atoms in total. The van der Waals surface area contributed by atoms with Gasteiger partial charge in [-0.1, -0.05) is 0 Å². The molecule has 2 N–H and O–H groups in total. The SMILES string of the molecule is CNC(C(=O)Nc1cc(C(=O)OC)cc([N+](=O)[O-])c1)c1cnn(C)c1. The van der Waals surface area contributed by atoms with Crippen LogP contribution in [0.2, 0.25) is 0 Å². The maximum Gasteiger partial charge on any atom is 0.338 e. The molecule has 2 rings (SSSR count). The normalized spacial score (nSPS) is 11.6. The van der Waals surface area contributed by atoms with E-state index in [4.69, 9.17) is 0 Å². The van der Waals surface area contributed by atoms with E-state index in [0.29, 0.717) is 5.56 Å². The third kappa shape index (κ3) is 4.18. The van der Waals surface area contributed by atoms with Gasteiger partial charge in [0, 0.05) is 36.6 Å². The van der Waals surface area contributed by atoms with Crippen molar-refractivity contribution in [1.82, 2.24) is 15.1 Å². The Morgan fingerprint density at radius 2 is 2.08 bits per heavy atom. The monoisotopic (exact) mass is 347 g/mol. The van der Waals surface area contributed by atoms with E-state index in [-0.39, 0.29) is 16.9 Å². The van der Waals surface area contributed by atoms with Crippen LogP contribution in [0.4, 0.5) is 11.4 Å². The van der Waals surface area contributed by atoms with Gasteiger partial charge in [0.05, 0.1) is 23.8 Å². The molecular formula is C15H17N5O5. The fraction of sp³-hybridized carbons (Fsp3) is 0.267. The minimum Gasteiger partial charge on any atom is -0.465 e. The number of carbonyl (C=O) groups excluding carboxylic acids is 2. The third-order valence-corrected chi connectivity index (χ3v) is 3.43. The molecule has 1 amide bonds. The molecule has 1 aromatic carbocycles. The lowest BCUT2D eigenvalue weighted by Gasteiger charge is -2.15. The number of nitro groups is 1. The Morgan fingerprint density at radius 1 is 1.36 bits per heavy atom. The molecule has 25 heavy (non-hydrogen) atoms. The predicted octanol–water partition coefficient (Wildman–Crippen LogP) is 1.01. The predicted molar refractivity (Wildman–Crippen MR) is 88.1 cm³/mol. The van der Waals surface area contributed by atoms with E-state index in [1.54, 1.807) is 25.0 Å². The first-order valence-corrected chi connectivity index (χ1v) is 7.20. The van der Waals surface area contributed by atoms with E-state index in [0.717, 1.165) is 6.07 Å². The summed E-state index contributed by atoms with van der Waals surface area (Å²) in [6.45, 7) is 0. The van der Waals surface area contributed by atoms with E-state index in [9.17, 15) is 19.7 Å². The van der Waals surface area contributed by atoms with Crippen molar-refractivity contribution in [3.8, 4) is 0 Å². The number of anilines is 1. The van der Waals surface area contributed by atoms with Crippen molar-refractivity contribution < 1.29 is 19.2 Å². The number of aryl methyl sites for hydroxylation is 1. The summed E-state index contributed by atoms with van der Waals surface area (Å²) in [5, 5.41) is 20.5. The van der Waals surface area contributed by atoms with Crippen LogP contribution >= 0.6 is 0 Å². The number of aromatic nitrogens is 2. The van der Waals surface area contributed by atoms with Gasteiger partial charge in [0.25, 0.3) is 5.69 Å². The number of amides is 1. The number of benzene rings is 1. The summed E-state index contributed by atoms with van der Waals surface area (Å²) in [6.07, 6.45) is 3.21. The van der Waals surface area contributed by atoms with E-state index in [1.807, 2.05) is 0 Å². The number of nitrogens with zero attached hydrogens (tertiary/aromatic N) is 3. The van der Waals surface area contributed by atoms with Crippen LogP contribution in [0.15, 0.2) is 30.6 Å². The van der Waals surface area contributed by atoms with Gasteiger partial charge in [-0.05, 0) is 13.1 Å². The van der Waals surface area contributed by atoms with Crippen molar-refractivity contribution >= 4 is 23.3 Å². The standard InChI is InChI=1S/C15H17N5O5/c1-16-13(10-7-17-19(2)8-10)14(21)18-11-4-9(15(22)25-3)5-12(6-11)20(23)24/h4-8,13,16H,1-3H3,(H,18,21). The zero-order valence-electron chi connectivity index (χ0n) is 13.8. The first-order chi connectivity index (χ1) is 11.8. The summed E-state index contributed by atoms with van der Waals surface area (Å²) < 4.78 is 6.13. The van der Waals surface area contributed by atoms with Gasteiger partial charge in [-0.2, -0.15) is 5.10 Å². The highest BCUT2D eigenvalue weighted by Gasteiger charge is 2.22. The van der Waals surface area contributed by atoms with Gasteiger partial charge in [-0.25, -0.2) is 4.79 Å². The molecule has 1 unspecified atom stereocenters. The number of methoxy groups -OCH3 is 1. The molecule has 10 heteroatoms. The Kier molecular flexibility index (Phi) is 5.45. The lowest BCUT2D eigenvalue weighted by molar-refractivity contribution is -0.384. The number of nitrogens with one attached hydrogen (secondary N) is 2. The lowest BCUT2D eigenvalue weighted by Crippen LogP contribution is -2.30. The maximum absolute atomic E-state index is 12.5. The minimum absolute atomic E-state index is 0.0330. The molecule has 0 spiro atoms. The van der Waals surface area contributed by atoms with E-state index in [1.165, 1.54) is 25.4 Å². The van der Waals surface area contributed by atoms with Crippen molar-refractivity contribution in [2.75, 3.05) is 19.5 Å². The number of ether oxygens (including phenoxy) is 1. The molecule has 0 aliphatic carbocycles. The number of nitro benzene ring substituents is 1. The van der Waals surface area contributed by atoms with Gasteiger partial charge < -0.3 is 15.4 Å². The summed E-state index contributed by atoms with van der Waals surface area (Å²) in [5.74, 6) is -1.19. The Labute approximate surface area is 142 Å². The van der Waals surface area contributed by atoms with Gasteiger partial charge in [-0.15, -0.1) is 0 Å². The zero-order chi connectivity index (χ0) is 18.6. The van der Waals surface area contributed by atoms with Crippen molar-refractivity contribution in [2.45, 2.75) is 6.04 Å². The summed E-state index contributed by atoms with van der Waals surface area (Å²) >= 11 is 0. The molecule has 1 heterocycles. The van der Waals surface area contributed by atoms with Crippen LogP contribution in [-0.2, 0) is 16.6 Å².